The van der Waals surface area contributed by atoms with Gasteiger partial charge in [-0.3, -0.25) is 4.79 Å². The molecule has 27 heavy (non-hydrogen) atoms. The SMILES string of the molecule is O=C(c1cc(Cc2ccccc2)c[nH]1)N1C[C@@H](CO)[C@H](c2ccccc2)C1. The molecule has 2 aromatic carbocycles. The molecule has 0 spiro atoms. The molecular weight excluding hydrogens is 336 g/mol. The van der Waals surface area contributed by atoms with Gasteiger partial charge in [-0.15, -0.1) is 0 Å². The molecule has 1 amide bonds. The highest BCUT2D eigenvalue weighted by molar-refractivity contribution is 5.93. The lowest BCUT2D eigenvalue weighted by molar-refractivity contribution is 0.0776. The van der Waals surface area contributed by atoms with E-state index in [-0.39, 0.29) is 24.3 Å². The minimum absolute atomic E-state index is 0.00573. The number of hydrogen-bond acceptors (Lipinski definition) is 2. The highest BCUT2D eigenvalue weighted by Gasteiger charge is 2.36. The van der Waals surface area contributed by atoms with Gasteiger partial charge >= 0.3 is 0 Å². The van der Waals surface area contributed by atoms with E-state index in [4.69, 9.17) is 0 Å². The molecule has 1 fully saturated rings. The van der Waals surface area contributed by atoms with Gasteiger partial charge < -0.3 is 15.0 Å². The molecule has 4 nitrogen and oxygen atoms in total. The number of rotatable bonds is 5. The van der Waals surface area contributed by atoms with Crippen LogP contribution in [0.4, 0.5) is 0 Å². The minimum Gasteiger partial charge on any atom is -0.396 e. The van der Waals surface area contributed by atoms with E-state index in [0.717, 1.165) is 12.0 Å². The first-order chi connectivity index (χ1) is 13.2. The van der Waals surface area contributed by atoms with Crippen LogP contribution < -0.4 is 0 Å². The van der Waals surface area contributed by atoms with Gasteiger partial charge in [0.2, 0.25) is 0 Å². The first kappa shape index (κ1) is 17.6. The van der Waals surface area contributed by atoms with Crippen molar-refractivity contribution in [2.45, 2.75) is 12.3 Å². The van der Waals surface area contributed by atoms with Crippen molar-refractivity contribution in [3.05, 3.63) is 95.3 Å². The lowest BCUT2D eigenvalue weighted by atomic mass is 9.90. The molecule has 2 atom stereocenters. The van der Waals surface area contributed by atoms with Crippen molar-refractivity contribution in [3.63, 3.8) is 0 Å². The molecule has 2 N–H and O–H groups in total. The number of aromatic amines is 1. The van der Waals surface area contributed by atoms with E-state index < -0.39 is 0 Å². The molecule has 1 aliphatic heterocycles. The number of benzene rings is 2. The van der Waals surface area contributed by atoms with Crippen LogP contribution in [0.2, 0.25) is 0 Å². The average Bonchev–Trinajstić information content (AvgIpc) is 3.36. The number of aliphatic hydroxyl groups is 1. The van der Waals surface area contributed by atoms with Gasteiger partial charge in [0.1, 0.15) is 5.69 Å². The van der Waals surface area contributed by atoms with Gasteiger partial charge in [0.25, 0.3) is 5.91 Å². The maximum Gasteiger partial charge on any atom is 0.270 e. The van der Waals surface area contributed by atoms with Gasteiger partial charge in [0, 0.05) is 37.7 Å². The molecule has 1 aromatic heterocycles. The number of aliphatic hydroxyl groups excluding tert-OH is 1. The summed E-state index contributed by atoms with van der Waals surface area (Å²) in [6, 6.07) is 22.3. The summed E-state index contributed by atoms with van der Waals surface area (Å²) in [5, 5.41) is 9.79. The van der Waals surface area contributed by atoms with Crippen LogP contribution in [0.15, 0.2) is 72.9 Å². The Bertz CT molecular complexity index is 889. The topological polar surface area (TPSA) is 56.3 Å². The van der Waals surface area contributed by atoms with Crippen LogP contribution in [-0.2, 0) is 6.42 Å². The molecular formula is C23H24N2O2. The standard InChI is InChI=1S/C23H24N2O2/c26-16-20-14-25(15-21(20)19-9-5-2-6-10-19)23(27)22-12-18(13-24-22)11-17-7-3-1-4-8-17/h1-10,12-13,20-21,24,26H,11,14-16H2/t20-,21-/m0/s1. The number of nitrogens with one attached hydrogen (secondary N) is 1. The van der Waals surface area contributed by atoms with E-state index in [9.17, 15) is 9.90 Å². The molecule has 0 aliphatic carbocycles. The van der Waals surface area contributed by atoms with Crippen LogP contribution in [-0.4, -0.2) is 40.6 Å². The molecule has 0 unspecified atom stereocenters. The zero-order valence-corrected chi connectivity index (χ0v) is 15.2. The summed E-state index contributed by atoms with van der Waals surface area (Å²) in [6.07, 6.45) is 2.71. The van der Waals surface area contributed by atoms with E-state index in [1.54, 1.807) is 0 Å². The van der Waals surface area contributed by atoms with Crippen LogP contribution in [0, 0.1) is 5.92 Å². The molecule has 3 aromatic rings. The van der Waals surface area contributed by atoms with Gasteiger partial charge in [-0.1, -0.05) is 60.7 Å². The predicted octanol–water partition coefficient (Wildman–Crippen LogP) is 3.45. The summed E-state index contributed by atoms with van der Waals surface area (Å²) in [4.78, 5) is 18.0. The van der Waals surface area contributed by atoms with Crippen molar-refractivity contribution < 1.29 is 9.90 Å². The molecule has 2 heterocycles. The Hall–Kier alpha value is -2.85. The minimum atomic E-state index is 0.00573. The van der Waals surface area contributed by atoms with Crippen LogP contribution in [0.3, 0.4) is 0 Å². The van der Waals surface area contributed by atoms with Gasteiger partial charge in [-0.2, -0.15) is 0 Å². The van der Waals surface area contributed by atoms with Crippen molar-refractivity contribution in [1.29, 1.82) is 0 Å². The Kier molecular flexibility index (Phi) is 5.07. The van der Waals surface area contributed by atoms with E-state index in [2.05, 4.69) is 29.2 Å². The Morgan fingerprint density at radius 2 is 1.70 bits per heavy atom. The first-order valence-corrected chi connectivity index (χ1v) is 9.41. The molecule has 1 saturated heterocycles. The second-order valence-electron chi connectivity index (χ2n) is 7.25. The third-order valence-electron chi connectivity index (χ3n) is 5.41. The molecule has 0 bridgehead atoms. The Morgan fingerprint density at radius 1 is 1.00 bits per heavy atom. The van der Waals surface area contributed by atoms with Gasteiger partial charge in [0.15, 0.2) is 0 Å². The monoisotopic (exact) mass is 360 g/mol. The Morgan fingerprint density at radius 3 is 2.41 bits per heavy atom. The predicted molar refractivity (Wildman–Crippen MR) is 106 cm³/mol. The van der Waals surface area contributed by atoms with Crippen molar-refractivity contribution in [3.8, 4) is 0 Å². The number of likely N-dealkylation sites (tertiary alicyclic amines) is 1. The summed E-state index contributed by atoms with van der Waals surface area (Å²) in [5.41, 5.74) is 4.12. The fraction of sp³-hybridized carbons (Fsp3) is 0.261. The molecule has 138 valence electrons. The lowest BCUT2D eigenvalue weighted by Crippen LogP contribution is -2.29. The highest BCUT2D eigenvalue weighted by Crippen LogP contribution is 2.33. The number of H-pyrrole nitrogens is 1. The summed E-state index contributed by atoms with van der Waals surface area (Å²) in [5.74, 6) is 0.264. The third kappa shape index (κ3) is 3.81. The summed E-state index contributed by atoms with van der Waals surface area (Å²) in [6.45, 7) is 1.32. The number of hydrogen-bond donors (Lipinski definition) is 2. The first-order valence-electron chi connectivity index (χ1n) is 9.41. The largest absolute Gasteiger partial charge is 0.396 e. The van der Waals surface area contributed by atoms with E-state index in [1.165, 1.54) is 11.1 Å². The van der Waals surface area contributed by atoms with Gasteiger partial charge in [-0.05, 0) is 29.2 Å². The van der Waals surface area contributed by atoms with Gasteiger partial charge in [0.05, 0.1) is 0 Å². The van der Waals surface area contributed by atoms with Gasteiger partial charge in [-0.25, -0.2) is 0 Å². The molecule has 0 radical (unpaired) electrons. The van der Waals surface area contributed by atoms with Crippen molar-refractivity contribution >= 4 is 5.91 Å². The maximum atomic E-state index is 13.0. The quantitative estimate of drug-likeness (QED) is 0.732. The number of amides is 1. The number of aromatic nitrogens is 1. The molecule has 4 heteroatoms. The molecule has 4 rings (SSSR count). The van der Waals surface area contributed by atoms with Crippen molar-refractivity contribution in [2.75, 3.05) is 19.7 Å². The smallest absolute Gasteiger partial charge is 0.270 e. The van der Waals surface area contributed by atoms with Crippen molar-refractivity contribution in [2.24, 2.45) is 5.92 Å². The second kappa shape index (κ2) is 7.80. The van der Waals surface area contributed by atoms with E-state index >= 15 is 0 Å². The third-order valence-corrected chi connectivity index (χ3v) is 5.41. The zero-order chi connectivity index (χ0) is 18.6. The second-order valence-corrected chi connectivity index (χ2v) is 7.25. The summed E-state index contributed by atoms with van der Waals surface area (Å²) in [7, 11) is 0. The van der Waals surface area contributed by atoms with E-state index in [0.29, 0.717) is 18.8 Å². The number of nitrogens with zero attached hydrogens (tertiary/aromatic N) is 1. The van der Waals surface area contributed by atoms with Crippen molar-refractivity contribution in [1.82, 2.24) is 9.88 Å². The van der Waals surface area contributed by atoms with Crippen LogP contribution in [0.1, 0.15) is 33.1 Å². The molecule has 1 aliphatic rings. The van der Waals surface area contributed by atoms with E-state index in [1.807, 2.05) is 53.6 Å². The maximum absolute atomic E-state index is 13.0. The number of carbonyl (C=O) groups is 1. The lowest BCUT2D eigenvalue weighted by Gasteiger charge is -2.16. The molecule has 0 saturated carbocycles. The normalized spacial score (nSPS) is 19.4. The Balaban J connectivity index is 1.47. The van der Waals surface area contributed by atoms with Crippen LogP contribution in [0.25, 0.3) is 0 Å². The average molecular weight is 360 g/mol. The zero-order valence-electron chi connectivity index (χ0n) is 15.2. The van der Waals surface area contributed by atoms with Crippen LogP contribution in [0.5, 0.6) is 0 Å². The number of carbonyl (C=O) groups excluding carboxylic acids is 1. The summed E-state index contributed by atoms with van der Waals surface area (Å²) < 4.78 is 0. The highest BCUT2D eigenvalue weighted by atomic mass is 16.3. The van der Waals surface area contributed by atoms with Crippen LogP contribution >= 0.6 is 0 Å². The fourth-order valence-corrected chi connectivity index (χ4v) is 3.97. The summed E-state index contributed by atoms with van der Waals surface area (Å²) >= 11 is 0. The fourth-order valence-electron chi connectivity index (χ4n) is 3.97. The Labute approximate surface area is 159 Å².